The van der Waals surface area contributed by atoms with Crippen LogP contribution in [0.4, 0.5) is 24.9 Å². The summed E-state index contributed by atoms with van der Waals surface area (Å²) < 4.78 is 38.3. The SMILES string of the molecule is CCNc1nc(NCC2CC2(C)C)cc(C(F)(F)F)n1. The van der Waals surface area contributed by atoms with Gasteiger partial charge in [0.2, 0.25) is 5.95 Å². The van der Waals surface area contributed by atoms with Crippen molar-refractivity contribution in [2.75, 3.05) is 23.7 Å². The zero-order valence-corrected chi connectivity index (χ0v) is 11.8. The molecule has 7 heteroatoms. The van der Waals surface area contributed by atoms with Gasteiger partial charge < -0.3 is 10.6 Å². The molecule has 1 aliphatic rings. The first-order valence-electron chi connectivity index (χ1n) is 6.66. The van der Waals surface area contributed by atoms with Crippen LogP contribution in [-0.2, 0) is 6.18 Å². The van der Waals surface area contributed by atoms with Gasteiger partial charge in [-0.05, 0) is 24.7 Å². The number of nitrogens with zero attached hydrogens (tertiary/aromatic N) is 2. The first kappa shape index (κ1) is 14.9. The Morgan fingerprint density at radius 3 is 2.45 bits per heavy atom. The number of alkyl halides is 3. The van der Waals surface area contributed by atoms with Crippen molar-refractivity contribution < 1.29 is 13.2 Å². The maximum absolute atomic E-state index is 12.8. The lowest BCUT2D eigenvalue weighted by Crippen LogP contribution is -2.15. The topological polar surface area (TPSA) is 49.8 Å². The molecule has 112 valence electrons. The summed E-state index contributed by atoms with van der Waals surface area (Å²) in [7, 11) is 0. The molecule has 2 N–H and O–H groups in total. The lowest BCUT2D eigenvalue weighted by molar-refractivity contribution is -0.141. The van der Waals surface area contributed by atoms with Crippen LogP contribution in [-0.4, -0.2) is 23.1 Å². The van der Waals surface area contributed by atoms with Crippen LogP contribution in [0.25, 0.3) is 0 Å². The van der Waals surface area contributed by atoms with E-state index in [0.717, 1.165) is 12.5 Å². The van der Waals surface area contributed by atoms with Gasteiger partial charge in [-0.3, -0.25) is 0 Å². The van der Waals surface area contributed by atoms with Crippen molar-refractivity contribution in [2.45, 2.75) is 33.4 Å². The molecule has 1 aromatic rings. The van der Waals surface area contributed by atoms with Gasteiger partial charge in [0, 0.05) is 19.2 Å². The van der Waals surface area contributed by atoms with Crippen molar-refractivity contribution in [1.29, 1.82) is 0 Å². The van der Waals surface area contributed by atoms with E-state index in [1.54, 1.807) is 6.92 Å². The van der Waals surface area contributed by atoms with E-state index in [4.69, 9.17) is 0 Å². The Balaban J connectivity index is 2.12. The molecular weight excluding hydrogens is 269 g/mol. The Bertz CT molecular complexity index is 485. The van der Waals surface area contributed by atoms with Crippen LogP contribution in [0, 0.1) is 11.3 Å². The number of anilines is 2. The second kappa shape index (κ2) is 5.10. The second-order valence-corrected chi connectivity index (χ2v) is 5.76. The Morgan fingerprint density at radius 1 is 1.30 bits per heavy atom. The van der Waals surface area contributed by atoms with Gasteiger partial charge >= 0.3 is 6.18 Å². The molecule has 20 heavy (non-hydrogen) atoms. The van der Waals surface area contributed by atoms with Crippen molar-refractivity contribution in [3.8, 4) is 0 Å². The predicted octanol–water partition coefficient (Wildman–Crippen LogP) is 3.39. The molecule has 1 fully saturated rings. The van der Waals surface area contributed by atoms with E-state index in [-0.39, 0.29) is 17.2 Å². The minimum atomic E-state index is -4.47. The summed E-state index contributed by atoms with van der Waals surface area (Å²) in [5.74, 6) is 0.695. The molecule has 0 aromatic carbocycles. The van der Waals surface area contributed by atoms with Crippen molar-refractivity contribution >= 4 is 11.8 Å². The highest BCUT2D eigenvalue weighted by Gasteiger charge is 2.45. The van der Waals surface area contributed by atoms with Crippen molar-refractivity contribution in [1.82, 2.24) is 9.97 Å². The summed E-state index contributed by atoms with van der Waals surface area (Å²) >= 11 is 0. The Hall–Kier alpha value is -1.53. The number of rotatable bonds is 5. The summed E-state index contributed by atoms with van der Waals surface area (Å²) in [5.41, 5.74) is -0.654. The zero-order valence-electron chi connectivity index (χ0n) is 11.8. The van der Waals surface area contributed by atoms with E-state index in [1.807, 2.05) is 0 Å². The van der Waals surface area contributed by atoms with Gasteiger partial charge in [0.15, 0.2) is 5.69 Å². The van der Waals surface area contributed by atoms with Crippen LogP contribution in [0.5, 0.6) is 0 Å². The highest BCUT2D eigenvalue weighted by molar-refractivity contribution is 5.43. The molecule has 0 amide bonds. The van der Waals surface area contributed by atoms with Crippen LogP contribution >= 0.6 is 0 Å². The third kappa shape index (κ3) is 3.52. The minimum Gasteiger partial charge on any atom is -0.370 e. The third-order valence-corrected chi connectivity index (χ3v) is 3.60. The lowest BCUT2D eigenvalue weighted by Gasteiger charge is -2.12. The maximum atomic E-state index is 12.8. The first-order valence-corrected chi connectivity index (χ1v) is 6.66. The molecule has 1 atom stereocenters. The molecule has 0 bridgehead atoms. The average Bonchev–Trinajstić information content (AvgIpc) is 2.94. The van der Waals surface area contributed by atoms with Crippen LogP contribution in [0.2, 0.25) is 0 Å². The zero-order chi connectivity index (χ0) is 15.0. The number of aromatic nitrogens is 2. The Morgan fingerprint density at radius 2 is 1.95 bits per heavy atom. The van der Waals surface area contributed by atoms with E-state index in [0.29, 0.717) is 19.0 Å². The van der Waals surface area contributed by atoms with Crippen molar-refractivity contribution in [2.24, 2.45) is 11.3 Å². The van der Waals surface area contributed by atoms with Crippen LogP contribution < -0.4 is 10.6 Å². The quantitative estimate of drug-likeness (QED) is 0.872. The summed E-state index contributed by atoms with van der Waals surface area (Å²) in [4.78, 5) is 7.53. The van der Waals surface area contributed by atoms with Crippen molar-refractivity contribution in [3.05, 3.63) is 11.8 Å². The maximum Gasteiger partial charge on any atom is 0.433 e. The Kier molecular flexibility index (Phi) is 3.80. The summed E-state index contributed by atoms with van der Waals surface area (Å²) in [6.07, 6.45) is -3.39. The molecule has 4 nitrogen and oxygen atoms in total. The van der Waals surface area contributed by atoms with Gasteiger partial charge in [-0.2, -0.15) is 18.2 Å². The first-order chi connectivity index (χ1) is 9.22. The molecule has 1 heterocycles. The predicted molar refractivity (Wildman–Crippen MR) is 71.6 cm³/mol. The van der Waals surface area contributed by atoms with Crippen LogP contribution in [0.1, 0.15) is 32.9 Å². The fraction of sp³-hybridized carbons (Fsp3) is 0.692. The molecule has 1 unspecified atom stereocenters. The number of halogens is 3. The molecule has 0 spiro atoms. The van der Waals surface area contributed by atoms with E-state index in [9.17, 15) is 13.2 Å². The molecule has 1 aliphatic carbocycles. The van der Waals surface area contributed by atoms with Crippen LogP contribution in [0.15, 0.2) is 6.07 Å². The van der Waals surface area contributed by atoms with Gasteiger partial charge in [-0.1, -0.05) is 13.8 Å². The molecule has 2 rings (SSSR count). The van der Waals surface area contributed by atoms with Gasteiger partial charge in [0.25, 0.3) is 0 Å². The van der Waals surface area contributed by atoms with E-state index in [2.05, 4.69) is 34.4 Å². The number of hydrogen-bond donors (Lipinski definition) is 2. The molecule has 0 saturated heterocycles. The van der Waals surface area contributed by atoms with E-state index >= 15 is 0 Å². The molecular formula is C13H19F3N4. The largest absolute Gasteiger partial charge is 0.433 e. The van der Waals surface area contributed by atoms with E-state index in [1.165, 1.54) is 0 Å². The molecule has 0 radical (unpaired) electrons. The fourth-order valence-electron chi connectivity index (χ4n) is 2.07. The summed E-state index contributed by atoms with van der Waals surface area (Å²) in [6, 6.07) is 0.955. The van der Waals surface area contributed by atoms with Gasteiger partial charge in [-0.25, -0.2) is 4.98 Å². The second-order valence-electron chi connectivity index (χ2n) is 5.76. The fourth-order valence-corrected chi connectivity index (χ4v) is 2.07. The summed E-state index contributed by atoms with van der Waals surface area (Å²) in [5, 5.41) is 5.70. The average molecular weight is 288 g/mol. The third-order valence-electron chi connectivity index (χ3n) is 3.60. The number of hydrogen-bond acceptors (Lipinski definition) is 4. The minimum absolute atomic E-state index is 0.000109. The van der Waals surface area contributed by atoms with Gasteiger partial charge in [-0.15, -0.1) is 0 Å². The normalized spacial score (nSPS) is 20.6. The molecule has 0 aliphatic heterocycles. The molecule has 1 saturated carbocycles. The smallest absolute Gasteiger partial charge is 0.370 e. The lowest BCUT2D eigenvalue weighted by atomic mass is 10.1. The summed E-state index contributed by atoms with van der Waals surface area (Å²) in [6.45, 7) is 7.17. The van der Waals surface area contributed by atoms with Crippen molar-refractivity contribution in [3.63, 3.8) is 0 Å². The van der Waals surface area contributed by atoms with Gasteiger partial charge in [0.1, 0.15) is 5.82 Å². The highest BCUT2D eigenvalue weighted by Crippen LogP contribution is 2.51. The standard InChI is InChI=1S/C13H19F3N4/c1-4-17-11-19-9(13(14,15)16)5-10(20-11)18-7-8-6-12(8,2)3/h5,8H,4,6-7H2,1-3H3,(H2,17,18,19,20). The monoisotopic (exact) mass is 288 g/mol. The molecule has 1 aromatic heterocycles. The Labute approximate surface area is 116 Å². The highest BCUT2D eigenvalue weighted by atomic mass is 19.4. The van der Waals surface area contributed by atoms with Crippen LogP contribution in [0.3, 0.4) is 0 Å². The van der Waals surface area contributed by atoms with E-state index < -0.39 is 11.9 Å². The number of nitrogens with one attached hydrogen (secondary N) is 2. The van der Waals surface area contributed by atoms with Gasteiger partial charge in [0.05, 0.1) is 0 Å².